The molecule has 2 rings (SSSR count). The summed E-state index contributed by atoms with van der Waals surface area (Å²) in [5.41, 5.74) is -0.712. The van der Waals surface area contributed by atoms with Crippen molar-refractivity contribution in [1.82, 2.24) is 15.1 Å². The number of hydrogen-bond donors (Lipinski definition) is 2. The summed E-state index contributed by atoms with van der Waals surface area (Å²) in [6, 6.07) is -0.363. The Labute approximate surface area is 107 Å². The van der Waals surface area contributed by atoms with Gasteiger partial charge in [0.05, 0.1) is 13.2 Å². The highest BCUT2D eigenvalue weighted by molar-refractivity contribution is 6.07. The maximum atomic E-state index is 12.3. The highest BCUT2D eigenvalue weighted by atomic mass is 16.3. The van der Waals surface area contributed by atoms with Crippen LogP contribution in [-0.2, 0) is 4.79 Å². The van der Waals surface area contributed by atoms with Gasteiger partial charge in [0.25, 0.3) is 5.91 Å². The van der Waals surface area contributed by atoms with Crippen molar-refractivity contribution < 1.29 is 14.7 Å². The van der Waals surface area contributed by atoms with E-state index in [1.54, 1.807) is 0 Å². The van der Waals surface area contributed by atoms with Crippen LogP contribution in [0.5, 0.6) is 0 Å². The molecule has 0 aromatic carbocycles. The van der Waals surface area contributed by atoms with Crippen LogP contribution in [0.1, 0.15) is 26.2 Å². The second-order valence-corrected chi connectivity index (χ2v) is 5.03. The van der Waals surface area contributed by atoms with Crippen molar-refractivity contribution in [3.8, 4) is 0 Å². The first-order valence-corrected chi connectivity index (χ1v) is 6.60. The lowest BCUT2D eigenvalue weighted by molar-refractivity contribution is -0.133. The standard InChI is InChI=1S/C12H21N3O3/c1-2-5-14-6-3-12(4-7-14)10(17)15(8-9-16)11(18)13-12/h16H,2-9H2,1H3,(H,13,18). The van der Waals surface area contributed by atoms with E-state index in [1.165, 1.54) is 0 Å². The molecule has 0 radical (unpaired) electrons. The monoisotopic (exact) mass is 255 g/mol. The number of carbonyl (C=O) groups excluding carboxylic acids is 2. The van der Waals surface area contributed by atoms with Crippen molar-refractivity contribution in [1.29, 1.82) is 0 Å². The van der Waals surface area contributed by atoms with Gasteiger partial charge in [-0.3, -0.25) is 9.69 Å². The van der Waals surface area contributed by atoms with E-state index in [-0.39, 0.29) is 25.1 Å². The van der Waals surface area contributed by atoms with E-state index in [4.69, 9.17) is 5.11 Å². The highest BCUT2D eigenvalue weighted by Crippen LogP contribution is 2.29. The van der Waals surface area contributed by atoms with Gasteiger partial charge in [-0.15, -0.1) is 0 Å². The molecule has 6 heteroatoms. The zero-order valence-corrected chi connectivity index (χ0v) is 10.8. The molecule has 2 heterocycles. The molecule has 6 nitrogen and oxygen atoms in total. The predicted octanol–water partition coefficient (Wildman–Crippen LogP) is -0.225. The summed E-state index contributed by atoms with van der Waals surface area (Å²) in [7, 11) is 0. The Bertz CT molecular complexity index is 337. The molecule has 2 saturated heterocycles. The Balaban J connectivity index is 2.02. The zero-order chi connectivity index (χ0) is 13.2. The van der Waals surface area contributed by atoms with Crippen LogP contribution in [0.3, 0.4) is 0 Å². The molecule has 0 bridgehead atoms. The first-order chi connectivity index (χ1) is 8.63. The molecule has 2 N–H and O–H groups in total. The molecule has 0 aromatic heterocycles. The lowest BCUT2D eigenvalue weighted by Crippen LogP contribution is -2.55. The Hall–Kier alpha value is -1.14. The van der Waals surface area contributed by atoms with E-state index < -0.39 is 5.54 Å². The summed E-state index contributed by atoms with van der Waals surface area (Å²) in [6.45, 7) is 4.76. The molecule has 0 aliphatic carbocycles. The minimum Gasteiger partial charge on any atom is -0.395 e. The molecule has 1 spiro atoms. The summed E-state index contributed by atoms with van der Waals surface area (Å²) in [6.07, 6.45) is 2.43. The summed E-state index contributed by atoms with van der Waals surface area (Å²) in [4.78, 5) is 27.4. The van der Waals surface area contributed by atoms with Crippen molar-refractivity contribution in [2.24, 2.45) is 0 Å². The summed E-state index contributed by atoms with van der Waals surface area (Å²) >= 11 is 0. The van der Waals surface area contributed by atoms with Crippen molar-refractivity contribution in [2.75, 3.05) is 32.8 Å². The number of piperidine rings is 1. The molecule has 18 heavy (non-hydrogen) atoms. The molecule has 2 aliphatic heterocycles. The normalized spacial score (nSPS) is 23.8. The molecule has 0 unspecified atom stereocenters. The largest absolute Gasteiger partial charge is 0.395 e. The van der Waals surface area contributed by atoms with Crippen molar-refractivity contribution in [3.63, 3.8) is 0 Å². The number of rotatable bonds is 4. The van der Waals surface area contributed by atoms with Crippen LogP contribution in [0.15, 0.2) is 0 Å². The topological polar surface area (TPSA) is 72.9 Å². The van der Waals surface area contributed by atoms with Crippen LogP contribution in [0, 0.1) is 0 Å². The minimum absolute atomic E-state index is 0.0884. The number of likely N-dealkylation sites (tertiary alicyclic amines) is 1. The van der Waals surface area contributed by atoms with Gasteiger partial charge in [-0.05, 0) is 25.8 Å². The van der Waals surface area contributed by atoms with E-state index in [0.717, 1.165) is 31.0 Å². The number of nitrogens with one attached hydrogen (secondary N) is 1. The second-order valence-electron chi connectivity index (χ2n) is 5.03. The predicted molar refractivity (Wildman–Crippen MR) is 66.0 cm³/mol. The summed E-state index contributed by atoms with van der Waals surface area (Å²) < 4.78 is 0. The van der Waals surface area contributed by atoms with Gasteiger partial charge in [0.2, 0.25) is 0 Å². The van der Waals surface area contributed by atoms with Gasteiger partial charge in [0, 0.05) is 13.1 Å². The van der Waals surface area contributed by atoms with Gasteiger partial charge in [-0.1, -0.05) is 6.92 Å². The zero-order valence-electron chi connectivity index (χ0n) is 10.8. The van der Waals surface area contributed by atoms with E-state index in [9.17, 15) is 9.59 Å². The summed E-state index contributed by atoms with van der Waals surface area (Å²) in [5.74, 6) is -0.169. The van der Waals surface area contributed by atoms with Crippen molar-refractivity contribution in [2.45, 2.75) is 31.7 Å². The third kappa shape index (κ3) is 2.22. The fourth-order valence-electron chi connectivity index (χ4n) is 2.79. The highest BCUT2D eigenvalue weighted by Gasteiger charge is 2.51. The van der Waals surface area contributed by atoms with E-state index >= 15 is 0 Å². The first kappa shape index (κ1) is 13.3. The van der Waals surface area contributed by atoms with E-state index in [0.29, 0.717) is 12.8 Å². The van der Waals surface area contributed by atoms with Gasteiger partial charge < -0.3 is 15.3 Å². The number of urea groups is 1. The number of β-amino-alcohol motifs (C(OH)–C–C–N with tert-alkyl or cyclic N) is 1. The number of nitrogens with zero attached hydrogens (tertiary/aromatic N) is 2. The molecular formula is C12H21N3O3. The van der Waals surface area contributed by atoms with Gasteiger partial charge in [-0.25, -0.2) is 4.79 Å². The minimum atomic E-state index is -0.712. The molecule has 0 atom stereocenters. The lowest BCUT2D eigenvalue weighted by atomic mass is 9.87. The Kier molecular flexibility index (Phi) is 3.87. The Morgan fingerprint density at radius 3 is 2.50 bits per heavy atom. The average molecular weight is 255 g/mol. The van der Waals surface area contributed by atoms with Crippen LogP contribution in [-0.4, -0.2) is 65.2 Å². The number of amides is 3. The van der Waals surface area contributed by atoms with Crippen molar-refractivity contribution in [3.05, 3.63) is 0 Å². The third-order valence-corrected chi connectivity index (χ3v) is 3.82. The Morgan fingerprint density at radius 2 is 1.94 bits per heavy atom. The molecular weight excluding hydrogens is 234 g/mol. The van der Waals surface area contributed by atoms with E-state index in [1.807, 2.05) is 0 Å². The molecule has 2 fully saturated rings. The fraction of sp³-hybridized carbons (Fsp3) is 0.833. The van der Waals surface area contributed by atoms with Gasteiger partial charge >= 0.3 is 6.03 Å². The molecule has 102 valence electrons. The second kappa shape index (κ2) is 5.24. The van der Waals surface area contributed by atoms with E-state index in [2.05, 4.69) is 17.1 Å². The van der Waals surface area contributed by atoms with Crippen LogP contribution in [0.2, 0.25) is 0 Å². The number of aliphatic hydroxyl groups excluding tert-OH is 1. The quantitative estimate of drug-likeness (QED) is 0.681. The average Bonchev–Trinajstić information content (AvgIpc) is 2.58. The van der Waals surface area contributed by atoms with Crippen molar-refractivity contribution >= 4 is 11.9 Å². The van der Waals surface area contributed by atoms with Crippen LogP contribution >= 0.6 is 0 Å². The smallest absolute Gasteiger partial charge is 0.325 e. The Morgan fingerprint density at radius 1 is 1.28 bits per heavy atom. The lowest BCUT2D eigenvalue weighted by Gasteiger charge is -2.37. The maximum Gasteiger partial charge on any atom is 0.325 e. The van der Waals surface area contributed by atoms with Crippen LogP contribution in [0.25, 0.3) is 0 Å². The SMILES string of the molecule is CCCN1CCC2(CC1)NC(=O)N(CCO)C2=O. The van der Waals surface area contributed by atoms with Crippen LogP contribution in [0.4, 0.5) is 4.79 Å². The molecule has 0 saturated carbocycles. The maximum absolute atomic E-state index is 12.3. The van der Waals surface area contributed by atoms with Gasteiger partial charge in [0.1, 0.15) is 5.54 Å². The first-order valence-electron chi connectivity index (χ1n) is 6.60. The molecule has 3 amide bonds. The fourth-order valence-corrected chi connectivity index (χ4v) is 2.79. The third-order valence-electron chi connectivity index (χ3n) is 3.82. The number of imide groups is 1. The van der Waals surface area contributed by atoms with Crippen LogP contribution < -0.4 is 5.32 Å². The number of aliphatic hydroxyl groups is 1. The summed E-state index contributed by atoms with van der Waals surface area (Å²) in [5, 5.41) is 11.7. The number of hydrogen-bond acceptors (Lipinski definition) is 4. The number of carbonyl (C=O) groups is 2. The molecule has 2 aliphatic rings. The van der Waals surface area contributed by atoms with Gasteiger partial charge in [-0.2, -0.15) is 0 Å². The molecule has 0 aromatic rings. The van der Waals surface area contributed by atoms with Gasteiger partial charge in [0.15, 0.2) is 0 Å².